The maximum Gasteiger partial charge on any atom is 0.173 e. The van der Waals surface area contributed by atoms with Crippen molar-refractivity contribution < 1.29 is 9.57 Å². The summed E-state index contributed by atoms with van der Waals surface area (Å²) in [5.74, 6) is 0.836. The lowest BCUT2D eigenvalue weighted by molar-refractivity contribution is -0.0521. The van der Waals surface area contributed by atoms with Gasteiger partial charge in [-0.15, -0.1) is 0 Å². The van der Waals surface area contributed by atoms with Gasteiger partial charge in [-0.3, -0.25) is 0 Å². The SMILES string of the molecule is COc1cccc(C2=NOC3(CCN(C(=S)Nc4ccc(C(C)(C)C)cc4)CC3)C2)c1. The van der Waals surface area contributed by atoms with Crippen molar-refractivity contribution in [3.63, 3.8) is 0 Å². The highest BCUT2D eigenvalue weighted by atomic mass is 32.1. The second kappa shape index (κ2) is 8.50. The third-order valence-corrected chi connectivity index (χ3v) is 6.57. The van der Waals surface area contributed by atoms with Crippen molar-refractivity contribution in [1.82, 2.24) is 4.90 Å². The van der Waals surface area contributed by atoms with Crippen LogP contribution >= 0.6 is 12.2 Å². The zero-order valence-corrected chi connectivity index (χ0v) is 19.6. The number of oxime groups is 1. The molecular weight excluding hydrogens is 406 g/mol. The highest BCUT2D eigenvalue weighted by molar-refractivity contribution is 7.80. The number of methoxy groups -OCH3 is 1. The number of nitrogens with zero attached hydrogens (tertiary/aromatic N) is 2. The van der Waals surface area contributed by atoms with Gasteiger partial charge < -0.3 is 19.8 Å². The minimum Gasteiger partial charge on any atom is -0.497 e. The zero-order valence-electron chi connectivity index (χ0n) is 18.8. The molecule has 0 bridgehead atoms. The number of benzene rings is 2. The normalized spacial score (nSPS) is 17.8. The van der Waals surface area contributed by atoms with Crippen molar-refractivity contribution in [2.24, 2.45) is 5.16 Å². The number of thiocarbonyl (C=S) groups is 1. The van der Waals surface area contributed by atoms with Gasteiger partial charge in [-0.2, -0.15) is 0 Å². The Morgan fingerprint density at radius 3 is 2.48 bits per heavy atom. The van der Waals surface area contributed by atoms with Crippen LogP contribution in [-0.2, 0) is 10.3 Å². The summed E-state index contributed by atoms with van der Waals surface area (Å²) in [5, 5.41) is 8.58. The maximum atomic E-state index is 5.97. The van der Waals surface area contributed by atoms with Crippen molar-refractivity contribution in [2.45, 2.75) is 51.0 Å². The Labute approximate surface area is 190 Å². The molecule has 31 heavy (non-hydrogen) atoms. The Morgan fingerprint density at radius 2 is 1.84 bits per heavy atom. The predicted molar refractivity (Wildman–Crippen MR) is 130 cm³/mol. The molecule has 2 aliphatic rings. The van der Waals surface area contributed by atoms with Crippen LogP contribution in [0.15, 0.2) is 53.7 Å². The summed E-state index contributed by atoms with van der Waals surface area (Å²) in [6.45, 7) is 8.37. The first-order chi connectivity index (χ1) is 14.8. The van der Waals surface area contributed by atoms with Crippen molar-refractivity contribution in [1.29, 1.82) is 0 Å². The molecule has 0 aliphatic carbocycles. The van der Waals surface area contributed by atoms with E-state index in [-0.39, 0.29) is 11.0 Å². The number of rotatable bonds is 3. The van der Waals surface area contributed by atoms with Crippen molar-refractivity contribution >= 4 is 28.7 Å². The van der Waals surface area contributed by atoms with E-state index in [1.807, 2.05) is 18.2 Å². The van der Waals surface area contributed by atoms with Crippen molar-refractivity contribution in [3.8, 4) is 5.75 Å². The zero-order chi connectivity index (χ0) is 22.1. The third kappa shape index (κ3) is 4.85. The summed E-state index contributed by atoms with van der Waals surface area (Å²) in [6.07, 6.45) is 2.62. The van der Waals surface area contributed by atoms with Crippen LogP contribution in [-0.4, -0.2) is 41.5 Å². The fourth-order valence-corrected chi connectivity index (χ4v) is 4.42. The minimum absolute atomic E-state index is 0.146. The number of nitrogens with one attached hydrogen (secondary N) is 1. The summed E-state index contributed by atoms with van der Waals surface area (Å²) < 4.78 is 5.34. The lowest BCUT2D eigenvalue weighted by atomic mass is 9.85. The number of ether oxygens (including phenoxy) is 1. The molecule has 0 saturated carbocycles. The minimum atomic E-state index is -0.223. The van der Waals surface area contributed by atoms with Crippen LogP contribution in [0.1, 0.15) is 51.2 Å². The molecule has 5 nitrogen and oxygen atoms in total. The lowest BCUT2D eigenvalue weighted by Gasteiger charge is -2.38. The van der Waals surface area contributed by atoms with Crippen LogP contribution in [0.25, 0.3) is 0 Å². The highest BCUT2D eigenvalue weighted by Gasteiger charge is 2.42. The molecule has 0 radical (unpaired) electrons. The molecule has 0 aromatic heterocycles. The van der Waals surface area contributed by atoms with E-state index in [9.17, 15) is 0 Å². The van der Waals surface area contributed by atoms with Gasteiger partial charge in [-0.25, -0.2) is 0 Å². The average molecular weight is 438 g/mol. The molecule has 0 unspecified atom stereocenters. The van der Waals surface area contributed by atoms with E-state index in [1.54, 1.807) is 7.11 Å². The molecule has 6 heteroatoms. The average Bonchev–Trinajstić information content (AvgIpc) is 3.17. The van der Waals surface area contributed by atoms with E-state index in [4.69, 9.17) is 21.8 Å². The van der Waals surface area contributed by atoms with Gasteiger partial charge in [0.15, 0.2) is 5.11 Å². The van der Waals surface area contributed by atoms with Gasteiger partial charge in [0.2, 0.25) is 0 Å². The Balaban J connectivity index is 1.32. The summed E-state index contributed by atoms with van der Waals surface area (Å²) in [4.78, 5) is 8.20. The molecule has 1 spiro atoms. The van der Waals surface area contributed by atoms with E-state index >= 15 is 0 Å². The summed E-state index contributed by atoms with van der Waals surface area (Å²) >= 11 is 5.68. The van der Waals surface area contributed by atoms with Gasteiger partial charge in [0, 0.05) is 43.6 Å². The Kier molecular flexibility index (Phi) is 5.93. The molecule has 2 aromatic carbocycles. The largest absolute Gasteiger partial charge is 0.497 e. The van der Waals surface area contributed by atoms with E-state index in [0.29, 0.717) is 0 Å². The van der Waals surface area contributed by atoms with Gasteiger partial charge in [0.25, 0.3) is 0 Å². The number of hydrogen-bond donors (Lipinski definition) is 1. The molecular formula is C25H31N3O2S. The summed E-state index contributed by atoms with van der Waals surface area (Å²) in [7, 11) is 1.68. The maximum absolute atomic E-state index is 5.97. The molecule has 1 saturated heterocycles. The fourth-order valence-electron chi connectivity index (χ4n) is 4.12. The molecule has 0 amide bonds. The lowest BCUT2D eigenvalue weighted by Crippen LogP contribution is -2.48. The van der Waals surface area contributed by atoms with Gasteiger partial charge in [0.1, 0.15) is 11.4 Å². The summed E-state index contributed by atoms with van der Waals surface area (Å²) in [6, 6.07) is 16.5. The first-order valence-electron chi connectivity index (χ1n) is 10.8. The molecule has 164 valence electrons. The monoisotopic (exact) mass is 437 g/mol. The number of likely N-dealkylation sites (tertiary alicyclic amines) is 1. The van der Waals surface area contributed by atoms with Crippen LogP contribution < -0.4 is 10.1 Å². The molecule has 1 fully saturated rings. The second-order valence-corrected chi connectivity index (χ2v) is 9.85. The van der Waals surface area contributed by atoms with Crippen LogP contribution in [0.4, 0.5) is 5.69 Å². The number of hydrogen-bond acceptors (Lipinski definition) is 4. The van der Waals surface area contributed by atoms with Crippen LogP contribution in [0.5, 0.6) is 5.75 Å². The first-order valence-corrected chi connectivity index (χ1v) is 11.2. The van der Waals surface area contributed by atoms with Gasteiger partial charge in [-0.05, 0) is 47.5 Å². The van der Waals surface area contributed by atoms with Gasteiger partial charge in [0.05, 0.1) is 12.8 Å². The Bertz CT molecular complexity index is 971. The van der Waals surface area contributed by atoms with Crippen molar-refractivity contribution in [2.75, 3.05) is 25.5 Å². The topological polar surface area (TPSA) is 46.1 Å². The van der Waals surface area contributed by atoms with Gasteiger partial charge in [-0.1, -0.05) is 50.2 Å². The standard InChI is InChI=1S/C25H31N3O2S/c1-24(2,3)19-8-10-20(11-9-19)26-23(31)28-14-12-25(13-15-28)17-22(27-30-25)18-6-5-7-21(16-18)29-4/h5-11,16H,12-15,17H2,1-4H3,(H,26,31). The molecule has 2 aromatic rings. The Morgan fingerprint density at radius 1 is 1.13 bits per heavy atom. The molecule has 0 atom stereocenters. The number of anilines is 1. The van der Waals surface area contributed by atoms with E-state index < -0.39 is 0 Å². The molecule has 4 rings (SSSR count). The van der Waals surface area contributed by atoms with E-state index in [1.165, 1.54) is 5.56 Å². The molecule has 2 aliphatic heterocycles. The van der Waals surface area contributed by atoms with Gasteiger partial charge >= 0.3 is 0 Å². The van der Waals surface area contributed by atoms with Crippen LogP contribution in [0, 0.1) is 0 Å². The third-order valence-electron chi connectivity index (χ3n) is 6.21. The quantitative estimate of drug-likeness (QED) is 0.656. The predicted octanol–water partition coefficient (Wildman–Crippen LogP) is 5.35. The smallest absolute Gasteiger partial charge is 0.173 e. The first kappa shape index (κ1) is 21.6. The molecule has 2 heterocycles. The van der Waals surface area contributed by atoms with E-state index in [2.05, 4.69) is 66.5 Å². The number of piperidine rings is 1. The highest BCUT2D eigenvalue weighted by Crippen LogP contribution is 2.36. The van der Waals surface area contributed by atoms with Crippen molar-refractivity contribution in [3.05, 3.63) is 59.7 Å². The Hall–Kier alpha value is -2.60. The fraction of sp³-hybridized carbons (Fsp3) is 0.440. The molecule has 1 N–H and O–H groups in total. The second-order valence-electron chi connectivity index (χ2n) is 9.47. The van der Waals surface area contributed by atoms with Crippen LogP contribution in [0.3, 0.4) is 0 Å². The van der Waals surface area contributed by atoms with Crippen LogP contribution in [0.2, 0.25) is 0 Å². The summed E-state index contributed by atoms with van der Waals surface area (Å²) in [5.41, 5.74) is 4.32. The van der Waals surface area contributed by atoms with E-state index in [0.717, 1.165) is 60.2 Å².